The number of aromatic nitrogens is 1. The van der Waals surface area contributed by atoms with Crippen molar-refractivity contribution in [3.63, 3.8) is 0 Å². The largest absolute Gasteiger partial charge is 0.490 e. The molecule has 3 aromatic rings. The van der Waals surface area contributed by atoms with Gasteiger partial charge in [0.25, 0.3) is 5.56 Å². The first-order chi connectivity index (χ1) is 13.5. The van der Waals surface area contributed by atoms with Gasteiger partial charge in [0.15, 0.2) is 11.5 Å². The van der Waals surface area contributed by atoms with E-state index < -0.39 is 5.56 Å². The summed E-state index contributed by atoms with van der Waals surface area (Å²) in [4.78, 5) is 14.8. The summed E-state index contributed by atoms with van der Waals surface area (Å²) in [5, 5.41) is 9.39. The van der Waals surface area contributed by atoms with Gasteiger partial charge in [-0.05, 0) is 55.7 Å². The zero-order valence-electron chi connectivity index (χ0n) is 16.2. The van der Waals surface area contributed by atoms with Gasteiger partial charge in [0.2, 0.25) is 0 Å². The molecule has 0 atom stereocenters. The molecule has 0 radical (unpaired) electrons. The summed E-state index contributed by atoms with van der Waals surface area (Å²) in [6, 6.07) is 17.3. The number of hydrogen-bond donors (Lipinski definition) is 1. The van der Waals surface area contributed by atoms with E-state index in [4.69, 9.17) is 9.47 Å². The van der Waals surface area contributed by atoms with Crippen molar-refractivity contribution >= 4 is 0 Å². The van der Waals surface area contributed by atoms with E-state index >= 15 is 0 Å². The molecule has 1 heterocycles. The van der Waals surface area contributed by atoms with Crippen LogP contribution in [-0.2, 0) is 6.61 Å². The standard InChI is InChI=1S/C23H22N2O3/c1-4-27-22-12-17(19-11-16(3)25-23(26)20(19)13-24)9-10-21(22)28-14-18-8-6-5-7-15(18)2/h5-12H,4,14H2,1-3H3,(H,25,26). The minimum absolute atomic E-state index is 0.0848. The Labute approximate surface area is 164 Å². The summed E-state index contributed by atoms with van der Waals surface area (Å²) < 4.78 is 11.8. The summed E-state index contributed by atoms with van der Waals surface area (Å²) in [5.41, 5.74) is 3.96. The predicted octanol–water partition coefficient (Wildman–Crippen LogP) is 4.51. The van der Waals surface area contributed by atoms with Gasteiger partial charge in [-0.2, -0.15) is 5.26 Å². The molecule has 0 unspecified atom stereocenters. The lowest BCUT2D eigenvalue weighted by Gasteiger charge is -2.15. The van der Waals surface area contributed by atoms with Crippen molar-refractivity contribution < 1.29 is 9.47 Å². The van der Waals surface area contributed by atoms with Crippen molar-refractivity contribution in [1.29, 1.82) is 5.26 Å². The van der Waals surface area contributed by atoms with E-state index in [1.54, 1.807) is 13.0 Å². The average Bonchev–Trinajstić information content (AvgIpc) is 2.68. The van der Waals surface area contributed by atoms with Crippen molar-refractivity contribution in [2.75, 3.05) is 6.61 Å². The zero-order valence-corrected chi connectivity index (χ0v) is 16.2. The first-order valence-electron chi connectivity index (χ1n) is 9.12. The summed E-state index contributed by atoms with van der Waals surface area (Å²) in [6.45, 7) is 6.64. The van der Waals surface area contributed by atoms with Crippen LogP contribution in [0.2, 0.25) is 0 Å². The van der Waals surface area contributed by atoms with E-state index in [2.05, 4.69) is 4.98 Å². The fourth-order valence-electron chi connectivity index (χ4n) is 3.02. The van der Waals surface area contributed by atoms with E-state index in [9.17, 15) is 10.1 Å². The summed E-state index contributed by atoms with van der Waals surface area (Å²) in [7, 11) is 0. The number of pyridine rings is 1. The van der Waals surface area contributed by atoms with Crippen molar-refractivity contribution in [3.05, 3.63) is 81.3 Å². The SMILES string of the molecule is CCOc1cc(-c2cc(C)[nH]c(=O)c2C#N)ccc1OCc1ccccc1C. The minimum Gasteiger partial charge on any atom is -0.490 e. The van der Waals surface area contributed by atoms with E-state index in [0.717, 1.165) is 16.7 Å². The van der Waals surface area contributed by atoms with Gasteiger partial charge in [-0.1, -0.05) is 30.3 Å². The third-order valence-corrected chi connectivity index (χ3v) is 4.48. The molecule has 1 N–H and O–H groups in total. The van der Waals surface area contributed by atoms with Crippen LogP contribution in [-0.4, -0.2) is 11.6 Å². The molecule has 3 rings (SSSR count). The number of ether oxygens (including phenoxy) is 2. The summed E-state index contributed by atoms with van der Waals surface area (Å²) in [5.74, 6) is 1.20. The van der Waals surface area contributed by atoms with Crippen LogP contribution < -0.4 is 15.0 Å². The normalized spacial score (nSPS) is 10.4. The maximum Gasteiger partial charge on any atom is 0.266 e. The first kappa shape index (κ1) is 19.2. The Morgan fingerprint density at radius 3 is 2.54 bits per heavy atom. The van der Waals surface area contributed by atoms with Crippen molar-refractivity contribution in [1.82, 2.24) is 4.98 Å². The molecule has 1 aromatic heterocycles. The summed E-state index contributed by atoms with van der Waals surface area (Å²) in [6.07, 6.45) is 0. The molecular weight excluding hydrogens is 352 g/mol. The molecule has 5 nitrogen and oxygen atoms in total. The Morgan fingerprint density at radius 1 is 1.04 bits per heavy atom. The topological polar surface area (TPSA) is 75.1 Å². The van der Waals surface area contributed by atoms with Crippen LogP contribution in [0.1, 0.15) is 29.3 Å². The van der Waals surface area contributed by atoms with Gasteiger partial charge in [0.1, 0.15) is 18.2 Å². The van der Waals surface area contributed by atoms with Crippen LogP contribution in [0.4, 0.5) is 0 Å². The molecule has 0 spiro atoms. The lowest BCUT2D eigenvalue weighted by molar-refractivity contribution is 0.269. The highest BCUT2D eigenvalue weighted by molar-refractivity contribution is 5.72. The molecular formula is C23H22N2O3. The van der Waals surface area contributed by atoms with Gasteiger partial charge in [-0.3, -0.25) is 4.79 Å². The maximum atomic E-state index is 12.1. The molecule has 5 heteroatoms. The third kappa shape index (κ3) is 4.07. The Kier molecular flexibility index (Phi) is 5.81. The van der Waals surface area contributed by atoms with Gasteiger partial charge in [0.05, 0.1) is 6.61 Å². The Bertz CT molecular complexity index is 1090. The van der Waals surface area contributed by atoms with E-state index in [-0.39, 0.29) is 5.56 Å². The number of aryl methyl sites for hydroxylation is 2. The lowest BCUT2D eigenvalue weighted by atomic mass is 10.0. The quantitative estimate of drug-likeness (QED) is 0.689. The number of rotatable bonds is 6. The number of H-pyrrole nitrogens is 1. The molecule has 142 valence electrons. The van der Waals surface area contributed by atoms with Gasteiger partial charge in [-0.15, -0.1) is 0 Å². The number of nitriles is 1. The molecule has 0 amide bonds. The Morgan fingerprint density at radius 2 is 1.82 bits per heavy atom. The number of benzene rings is 2. The highest BCUT2D eigenvalue weighted by Gasteiger charge is 2.14. The number of nitrogens with one attached hydrogen (secondary N) is 1. The smallest absolute Gasteiger partial charge is 0.266 e. The minimum atomic E-state index is -0.393. The molecule has 0 bridgehead atoms. The molecule has 0 saturated heterocycles. The molecule has 0 aliphatic carbocycles. The molecule has 2 aromatic carbocycles. The van der Waals surface area contributed by atoms with Crippen molar-refractivity contribution in [3.8, 4) is 28.7 Å². The fraction of sp³-hybridized carbons (Fsp3) is 0.217. The maximum absolute atomic E-state index is 12.1. The van der Waals surface area contributed by atoms with E-state index in [1.807, 2.05) is 62.4 Å². The molecule has 0 fully saturated rings. The van der Waals surface area contributed by atoms with Crippen LogP contribution in [0.5, 0.6) is 11.5 Å². The highest BCUT2D eigenvalue weighted by atomic mass is 16.5. The van der Waals surface area contributed by atoms with Crippen LogP contribution in [0.25, 0.3) is 11.1 Å². The van der Waals surface area contributed by atoms with E-state index in [1.165, 1.54) is 0 Å². The van der Waals surface area contributed by atoms with Crippen LogP contribution in [0.3, 0.4) is 0 Å². The molecule has 0 saturated carbocycles. The number of nitrogens with zero attached hydrogens (tertiary/aromatic N) is 1. The third-order valence-electron chi connectivity index (χ3n) is 4.48. The molecule has 0 aliphatic rings. The monoisotopic (exact) mass is 374 g/mol. The Balaban J connectivity index is 1.97. The second-order valence-electron chi connectivity index (χ2n) is 6.49. The van der Waals surface area contributed by atoms with Crippen molar-refractivity contribution in [2.24, 2.45) is 0 Å². The molecule has 0 aliphatic heterocycles. The lowest BCUT2D eigenvalue weighted by Crippen LogP contribution is -2.12. The summed E-state index contributed by atoms with van der Waals surface area (Å²) >= 11 is 0. The van der Waals surface area contributed by atoms with Gasteiger partial charge in [-0.25, -0.2) is 0 Å². The van der Waals surface area contributed by atoms with Crippen molar-refractivity contribution in [2.45, 2.75) is 27.4 Å². The van der Waals surface area contributed by atoms with Crippen LogP contribution >= 0.6 is 0 Å². The number of aromatic amines is 1. The second kappa shape index (κ2) is 8.45. The second-order valence-corrected chi connectivity index (χ2v) is 6.49. The number of hydrogen-bond acceptors (Lipinski definition) is 4. The van der Waals surface area contributed by atoms with E-state index in [0.29, 0.717) is 36.0 Å². The highest BCUT2D eigenvalue weighted by Crippen LogP contribution is 2.34. The molecule has 28 heavy (non-hydrogen) atoms. The van der Waals surface area contributed by atoms with Gasteiger partial charge in [0, 0.05) is 11.3 Å². The average molecular weight is 374 g/mol. The van der Waals surface area contributed by atoms with Gasteiger partial charge < -0.3 is 14.5 Å². The van der Waals surface area contributed by atoms with Crippen LogP contribution in [0.15, 0.2) is 53.3 Å². The zero-order chi connectivity index (χ0) is 20.1. The van der Waals surface area contributed by atoms with Gasteiger partial charge >= 0.3 is 0 Å². The fourth-order valence-corrected chi connectivity index (χ4v) is 3.02. The predicted molar refractivity (Wildman–Crippen MR) is 109 cm³/mol. The first-order valence-corrected chi connectivity index (χ1v) is 9.12. The Hall–Kier alpha value is -3.52. The van der Waals surface area contributed by atoms with Crippen LogP contribution in [0, 0.1) is 25.2 Å².